The Labute approximate surface area is 169 Å². The maximum Gasteiger partial charge on any atom is 0.322 e. The first-order chi connectivity index (χ1) is 13.9. The molecule has 1 aromatic carbocycles. The van der Waals surface area contributed by atoms with Gasteiger partial charge in [0.15, 0.2) is 6.10 Å². The summed E-state index contributed by atoms with van der Waals surface area (Å²) in [5, 5.41) is 16.6. The number of anilines is 1. The molecule has 2 amide bonds. The molecule has 1 aliphatic heterocycles. The molecular formula is C20H26N6O3. The highest BCUT2D eigenvalue weighted by Crippen LogP contribution is 2.25. The monoisotopic (exact) mass is 398 g/mol. The first-order valence-electron chi connectivity index (χ1n) is 9.90. The molecule has 4 rings (SSSR count). The zero-order chi connectivity index (χ0) is 20.5. The first kappa shape index (κ1) is 19.4. The number of rotatable bonds is 4. The number of fused-ring (bicyclic) bond motifs is 1. The number of amides is 2. The number of benzene rings is 1. The van der Waals surface area contributed by atoms with Crippen molar-refractivity contribution in [3.05, 3.63) is 36.2 Å². The Morgan fingerprint density at radius 2 is 2.07 bits per heavy atom. The van der Waals surface area contributed by atoms with Gasteiger partial charge in [-0.15, -0.1) is 10.2 Å². The summed E-state index contributed by atoms with van der Waals surface area (Å²) in [6.07, 6.45) is 1.57. The predicted octanol–water partition coefficient (Wildman–Crippen LogP) is 3.73. The summed E-state index contributed by atoms with van der Waals surface area (Å²) in [6, 6.07) is 5.81. The van der Waals surface area contributed by atoms with Gasteiger partial charge in [0.05, 0.1) is 18.7 Å². The standard InChI is InChI=1S/C20H26N6O3/c1-12(2)18-22-23-19(29-18)17-11-25(7-8-28-17)20(27)21-15-5-6-16-14(9-15)10-26(24-16)13(3)4/h5-6,9-10,12-13,17H,7-8,11H2,1-4H3,(H,21,27). The summed E-state index contributed by atoms with van der Waals surface area (Å²) in [5.74, 6) is 1.13. The molecule has 0 aliphatic carbocycles. The van der Waals surface area contributed by atoms with E-state index in [-0.39, 0.29) is 18.0 Å². The van der Waals surface area contributed by atoms with Gasteiger partial charge in [0.25, 0.3) is 0 Å². The Hall–Kier alpha value is -2.94. The SMILES string of the molecule is CC(C)c1nnc(C2CN(C(=O)Nc3ccc4nn(C(C)C)cc4c3)CCO2)o1. The van der Waals surface area contributed by atoms with Gasteiger partial charge in [0.1, 0.15) is 0 Å². The number of ether oxygens (including phenoxy) is 1. The first-order valence-corrected chi connectivity index (χ1v) is 9.90. The van der Waals surface area contributed by atoms with E-state index in [9.17, 15) is 4.79 Å². The molecule has 1 saturated heterocycles. The van der Waals surface area contributed by atoms with Gasteiger partial charge in [-0.3, -0.25) is 4.68 Å². The number of hydrogen-bond donors (Lipinski definition) is 1. The molecule has 1 fully saturated rings. The maximum absolute atomic E-state index is 12.8. The van der Waals surface area contributed by atoms with Crippen LogP contribution in [0.15, 0.2) is 28.8 Å². The van der Waals surface area contributed by atoms with Crippen LogP contribution in [0.1, 0.15) is 57.5 Å². The lowest BCUT2D eigenvalue weighted by molar-refractivity contribution is -0.0276. The molecule has 3 aromatic rings. The van der Waals surface area contributed by atoms with Gasteiger partial charge in [-0.2, -0.15) is 5.10 Å². The maximum atomic E-state index is 12.8. The fraction of sp³-hybridized carbons (Fsp3) is 0.500. The van der Waals surface area contributed by atoms with Gasteiger partial charge in [-0.25, -0.2) is 4.79 Å². The molecule has 9 heteroatoms. The molecule has 1 unspecified atom stereocenters. The molecule has 154 valence electrons. The van der Waals surface area contributed by atoms with E-state index in [1.165, 1.54) is 0 Å². The molecule has 3 heterocycles. The average molecular weight is 398 g/mol. The van der Waals surface area contributed by atoms with Crippen molar-refractivity contribution < 1.29 is 13.9 Å². The van der Waals surface area contributed by atoms with Crippen molar-refractivity contribution in [2.75, 3.05) is 25.0 Å². The Balaban J connectivity index is 1.44. The number of nitrogens with one attached hydrogen (secondary N) is 1. The molecular weight excluding hydrogens is 372 g/mol. The molecule has 2 aromatic heterocycles. The van der Waals surface area contributed by atoms with E-state index in [1.54, 1.807) is 4.90 Å². The topological polar surface area (TPSA) is 98.3 Å². The molecule has 1 atom stereocenters. The Bertz CT molecular complexity index is 1010. The van der Waals surface area contributed by atoms with Gasteiger partial charge < -0.3 is 19.4 Å². The number of urea groups is 1. The number of nitrogens with zero attached hydrogens (tertiary/aromatic N) is 5. The van der Waals surface area contributed by atoms with Crippen molar-refractivity contribution in [2.45, 2.75) is 45.8 Å². The van der Waals surface area contributed by atoms with Gasteiger partial charge in [0, 0.05) is 35.8 Å². The predicted molar refractivity (Wildman–Crippen MR) is 108 cm³/mol. The second kappa shape index (κ2) is 7.82. The zero-order valence-electron chi connectivity index (χ0n) is 17.1. The van der Waals surface area contributed by atoms with Crippen LogP contribution in [0.4, 0.5) is 10.5 Å². The summed E-state index contributed by atoms with van der Waals surface area (Å²) in [5.41, 5.74) is 1.63. The Morgan fingerprint density at radius 1 is 1.24 bits per heavy atom. The molecule has 0 bridgehead atoms. The highest BCUT2D eigenvalue weighted by atomic mass is 16.5. The van der Waals surface area contributed by atoms with E-state index in [2.05, 4.69) is 34.5 Å². The van der Waals surface area contributed by atoms with Gasteiger partial charge in [-0.1, -0.05) is 13.8 Å². The van der Waals surface area contributed by atoms with Gasteiger partial charge >= 0.3 is 6.03 Å². The molecule has 29 heavy (non-hydrogen) atoms. The van der Waals surface area contributed by atoms with Crippen molar-refractivity contribution in [1.29, 1.82) is 0 Å². The summed E-state index contributed by atoms with van der Waals surface area (Å²) < 4.78 is 13.3. The summed E-state index contributed by atoms with van der Waals surface area (Å²) in [6.45, 7) is 9.41. The lowest BCUT2D eigenvalue weighted by Crippen LogP contribution is -2.44. The smallest absolute Gasteiger partial charge is 0.322 e. The van der Waals surface area contributed by atoms with E-state index >= 15 is 0 Å². The summed E-state index contributed by atoms with van der Waals surface area (Å²) >= 11 is 0. The fourth-order valence-corrected chi connectivity index (χ4v) is 3.18. The Kier molecular flexibility index (Phi) is 5.23. The molecule has 0 spiro atoms. The molecule has 0 saturated carbocycles. The lowest BCUT2D eigenvalue weighted by Gasteiger charge is -2.31. The van der Waals surface area contributed by atoms with Crippen molar-refractivity contribution in [3.63, 3.8) is 0 Å². The van der Waals surface area contributed by atoms with Crippen LogP contribution >= 0.6 is 0 Å². The van der Waals surface area contributed by atoms with Crippen molar-refractivity contribution >= 4 is 22.6 Å². The minimum Gasteiger partial charge on any atom is -0.422 e. The Morgan fingerprint density at radius 3 is 2.79 bits per heavy atom. The fourth-order valence-electron chi connectivity index (χ4n) is 3.18. The quantitative estimate of drug-likeness (QED) is 0.719. The van der Waals surface area contributed by atoms with Crippen LogP contribution in [0.25, 0.3) is 10.9 Å². The van der Waals surface area contributed by atoms with Crippen molar-refractivity contribution in [1.82, 2.24) is 24.9 Å². The van der Waals surface area contributed by atoms with Crippen LogP contribution in [0.2, 0.25) is 0 Å². The van der Waals surface area contributed by atoms with E-state index in [1.807, 2.05) is 42.9 Å². The second-order valence-corrected chi connectivity index (χ2v) is 7.85. The van der Waals surface area contributed by atoms with E-state index in [4.69, 9.17) is 9.15 Å². The third kappa shape index (κ3) is 4.09. The minimum atomic E-state index is -0.416. The van der Waals surface area contributed by atoms with E-state index < -0.39 is 6.10 Å². The number of hydrogen-bond acceptors (Lipinski definition) is 6. The molecule has 1 aliphatic rings. The molecule has 9 nitrogen and oxygen atoms in total. The normalized spacial score (nSPS) is 17.4. The third-order valence-electron chi connectivity index (χ3n) is 4.88. The van der Waals surface area contributed by atoms with Crippen LogP contribution in [0.5, 0.6) is 0 Å². The third-order valence-corrected chi connectivity index (χ3v) is 4.88. The number of carbonyl (C=O) groups excluding carboxylic acids is 1. The van der Waals surface area contributed by atoms with Crippen molar-refractivity contribution in [2.24, 2.45) is 0 Å². The van der Waals surface area contributed by atoms with E-state index in [0.717, 1.165) is 16.6 Å². The highest BCUT2D eigenvalue weighted by Gasteiger charge is 2.29. The number of aromatic nitrogens is 4. The van der Waals surface area contributed by atoms with Crippen LogP contribution in [-0.4, -0.2) is 50.6 Å². The molecule has 0 radical (unpaired) electrons. The second-order valence-electron chi connectivity index (χ2n) is 7.85. The van der Waals surface area contributed by atoms with Crippen molar-refractivity contribution in [3.8, 4) is 0 Å². The molecule has 1 N–H and O–H groups in total. The van der Waals surface area contributed by atoms with Crippen LogP contribution < -0.4 is 5.32 Å². The average Bonchev–Trinajstić information content (AvgIpc) is 3.35. The van der Waals surface area contributed by atoms with E-state index in [0.29, 0.717) is 31.5 Å². The van der Waals surface area contributed by atoms with Gasteiger partial charge in [-0.05, 0) is 32.0 Å². The summed E-state index contributed by atoms with van der Waals surface area (Å²) in [7, 11) is 0. The number of morpholine rings is 1. The minimum absolute atomic E-state index is 0.147. The van der Waals surface area contributed by atoms with Crippen LogP contribution in [0.3, 0.4) is 0 Å². The summed E-state index contributed by atoms with van der Waals surface area (Å²) in [4.78, 5) is 14.5. The largest absolute Gasteiger partial charge is 0.422 e. The van der Waals surface area contributed by atoms with Crippen LogP contribution in [0, 0.1) is 0 Å². The lowest BCUT2D eigenvalue weighted by atomic mass is 10.2. The highest BCUT2D eigenvalue weighted by molar-refractivity contribution is 5.92. The van der Waals surface area contributed by atoms with Crippen LogP contribution in [-0.2, 0) is 4.74 Å². The number of carbonyl (C=O) groups is 1. The zero-order valence-corrected chi connectivity index (χ0v) is 17.1. The van der Waals surface area contributed by atoms with Gasteiger partial charge in [0.2, 0.25) is 11.8 Å².